The van der Waals surface area contributed by atoms with Crippen LogP contribution in [-0.2, 0) is 19.4 Å². The molecule has 1 unspecified atom stereocenters. The number of halogens is 1. The Kier molecular flexibility index (Phi) is 5.20. The average Bonchev–Trinajstić information content (AvgIpc) is 2.31. The van der Waals surface area contributed by atoms with Crippen molar-refractivity contribution in [1.29, 1.82) is 0 Å². The first-order chi connectivity index (χ1) is 9.26. The zero-order chi connectivity index (χ0) is 15.3. The first kappa shape index (κ1) is 16.1. The Hall–Kier alpha value is -1.96. The topological polar surface area (TPSA) is 101 Å². The van der Waals surface area contributed by atoms with Crippen molar-refractivity contribution in [3.63, 3.8) is 0 Å². The third kappa shape index (κ3) is 4.30. The number of amides is 1. The lowest BCUT2D eigenvalue weighted by atomic mass is 10.3. The molecule has 0 saturated heterocycles. The maximum atomic E-state index is 12.7. The van der Waals surface area contributed by atoms with Gasteiger partial charge >= 0.3 is 5.97 Å². The van der Waals surface area contributed by atoms with E-state index in [2.05, 4.69) is 5.32 Å². The average molecular weight is 303 g/mol. The number of rotatable bonds is 6. The Labute approximate surface area is 115 Å². The Bertz CT molecular complexity index is 597. The van der Waals surface area contributed by atoms with E-state index in [1.54, 1.807) is 0 Å². The number of hydrogen-bond donors (Lipinski definition) is 2. The highest BCUT2D eigenvalue weighted by atomic mass is 32.2. The number of benzene rings is 1. The predicted molar refractivity (Wildman–Crippen MR) is 70.5 cm³/mol. The standard InChI is InChI=1S/C12H14FNO5S/c1-2-10(12(16)17)20(18,19)7-11(15)14-9-5-3-8(13)4-6-9/h3-6,10H,2,7H2,1H3,(H,14,15)(H,16,17). The third-order valence-corrected chi connectivity index (χ3v) is 4.61. The van der Waals surface area contributed by atoms with Crippen molar-refractivity contribution in [2.45, 2.75) is 18.6 Å². The fourth-order valence-corrected chi connectivity index (χ4v) is 3.05. The number of anilines is 1. The number of carboxylic acid groups (broad SMARTS) is 1. The second kappa shape index (κ2) is 6.47. The molecule has 0 radical (unpaired) electrons. The molecular weight excluding hydrogens is 289 g/mol. The van der Waals surface area contributed by atoms with Crippen molar-refractivity contribution in [2.75, 3.05) is 11.1 Å². The molecule has 0 aliphatic rings. The van der Waals surface area contributed by atoms with Crippen molar-refractivity contribution in [3.05, 3.63) is 30.1 Å². The molecule has 20 heavy (non-hydrogen) atoms. The van der Waals surface area contributed by atoms with Gasteiger partial charge in [0.05, 0.1) is 0 Å². The van der Waals surface area contributed by atoms with Gasteiger partial charge in [0.1, 0.15) is 11.6 Å². The normalized spacial score (nSPS) is 12.7. The molecule has 0 heterocycles. The zero-order valence-electron chi connectivity index (χ0n) is 10.7. The van der Waals surface area contributed by atoms with Gasteiger partial charge in [-0.2, -0.15) is 0 Å². The summed E-state index contributed by atoms with van der Waals surface area (Å²) in [6.45, 7) is 1.41. The summed E-state index contributed by atoms with van der Waals surface area (Å²) in [5.41, 5.74) is 0.231. The highest BCUT2D eigenvalue weighted by Crippen LogP contribution is 2.11. The summed E-state index contributed by atoms with van der Waals surface area (Å²) in [5.74, 6) is -3.78. The molecule has 0 spiro atoms. The molecule has 0 aliphatic carbocycles. The number of sulfone groups is 1. The van der Waals surface area contributed by atoms with E-state index >= 15 is 0 Å². The predicted octanol–water partition coefficient (Wildman–Crippen LogP) is 1.04. The Morgan fingerprint density at radius 3 is 2.30 bits per heavy atom. The molecule has 2 N–H and O–H groups in total. The lowest BCUT2D eigenvalue weighted by Crippen LogP contribution is -2.35. The number of nitrogens with one attached hydrogen (secondary N) is 1. The van der Waals surface area contributed by atoms with Crippen LogP contribution in [0.5, 0.6) is 0 Å². The van der Waals surface area contributed by atoms with Crippen LogP contribution in [0.4, 0.5) is 10.1 Å². The summed E-state index contributed by atoms with van der Waals surface area (Å²) in [4.78, 5) is 22.4. The van der Waals surface area contributed by atoms with E-state index in [-0.39, 0.29) is 12.1 Å². The van der Waals surface area contributed by atoms with E-state index in [4.69, 9.17) is 5.11 Å². The van der Waals surface area contributed by atoms with Gasteiger partial charge in [0.2, 0.25) is 5.91 Å². The summed E-state index contributed by atoms with van der Waals surface area (Å²) >= 11 is 0. The maximum absolute atomic E-state index is 12.7. The Balaban J connectivity index is 2.75. The van der Waals surface area contributed by atoms with Gasteiger partial charge in [-0.3, -0.25) is 9.59 Å². The lowest BCUT2D eigenvalue weighted by Gasteiger charge is -2.11. The smallest absolute Gasteiger partial charge is 0.321 e. The fourth-order valence-electron chi connectivity index (χ4n) is 1.60. The van der Waals surface area contributed by atoms with E-state index in [9.17, 15) is 22.4 Å². The van der Waals surface area contributed by atoms with Crippen molar-refractivity contribution in [2.24, 2.45) is 0 Å². The van der Waals surface area contributed by atoms with Crippen LogP contribution in [0, 0.1) is 5.82 Å². The first-order valence-corrected chi connectivity index (χ1v) is 7.47. The molecule has 110 valence electrons. The Morgan fingerprint density at radius 1 is 1.30 bits per heavy atom. The second-order valence-electron chi connectivity index (χ2n) is 4.10. The monoisotopic (exact) mass is 303 g/mol. The van der Waals surface area contributed by atoms with E-state index in [1.807, 2.05) is 0 Å². The van der Waals surface area contributed by atoms with Gasteiger partial charge in [0.25, 0.3) is 0 Å². The number of carboxylic acids is 1. The van der Waals surface area contributed by atoms with Crippen LogP contribution in [0.25, 0.3) is 0 Å². The minimum atomic E-state index is -4.08. The zero-order valence-corrected chi connectivity index (χ0v) is 11.5. The molecule has 1 aromatic rings. The van der Waals surface area contributed by atoms with Gasteiger partial charge in [0, 0.05) is 5.69 Å². The van der Waals surface area contributed by atoms with Crippen LogP contribution < -0.4 is 5.32 Å². The van der Waals surface area contributed by atoms with Crippen LogP contribution in [-0.4, -0.2) is 36.4 Å². The van der Waals surface area contributed by atoms with Gasteiger partial charge in [-0.1, -0.05) is 6.92 Å². The molecule has 1 atom stereocenters. The molecule has 0 bridgehead atoms. The van der Waals surface area contributed by atoms with E-state index < -0.39 is 38.5 Å². The molecular formula is C12H14FNO5S. The summed E-state index contributed by atoms with van der Waals surface area (Å²) < 4.78 is 36.2. The molecule has 0 aromatic heterocycles. The minimum Gasteiger partial charge on any atom is -0.480 e. The van der Waals surface area contributed by atoms with E-state index in [0.29, 0.717) is 0 Å². The number of carbonyl (C=O) groups is 2. The molecule has 0 saturated carbocycles. The van der Waals surface area contributed by atoms with Gasteiger partial charge < -0.3 is 10.4 Å². The van der Waals surface area contributed by atoms with Gasteiger partial charge in [0.15, 0.2) is 15.1 Å². The molecule has 6 nitrogen and oxygen atoms in total. The SMILES string of the molecule is CCC(C(=O)O)S(=O)(=O)CC(=O)Nc1ccc(F)cc1. The highest BCUT2D eigenvalue weighted by molar-refractivity contribution is 7.93. The van der Waals surface area contributed by atoms with Gasteiger partial charge in [-0.05, 0) is 30.7 Å². The summed E-state index contributed by atoms with van der Waals surface area (Å²) in [5, 5.41) is 9.45. The molecule has 1 amide bonds. The number of carbonyl (C=O) groups excluding carboxylic acids is 1. The maximum Gasteiger partial charge on any atom is 0.321 e. The van der Waals surface area contributed by atoms with E-state index in [0.717, 1.165) is 12.1 Å². The highest BCUT2D eigenvalue weighted by Gasteiger charge is 2.32. The number of hydrogen-bond acceptors (Lipinski definition) is 4. The minimum absolute atomic E-state index is 0.124. The molecule has 0 fully saturated rings. The van der Waals surface area contributed by atoms with Gasteiger partial charge in [-0.15, -0.1) is 0 Å². The Morgan fingerprint density at radius 2 is 1.85 bits per heavy atom. The second-order valence-corrected chi connectivity index (χ2v) is 6.28. The lowest BCUT2D eigenvalue weighted by molar-refractivity contribution is -0.136. The van der Waals surface area contributed by atoms with Crippen LogP contribution in [0.1, 0.15) is 13.3 Å². The number of aliphatic carboxylic acids is 1. The van der Waals surface area contributed by atoms with Crippen molar-refractivity contribution >= 4 is 27.4 Å². The van der Waals surface area contributed by atoms with E-state index in [1.165, 1.54) is 19.1 Å². The fraction of sp³-hybridized carbons (Fsp3) is 0.333. The summed E-state index contributed by atoms with van der Waals surface area (Å²) in [6.07, 6.45) is -0.124. The first-order valence-electron chi connectivity index (χ1n) is 5.76. The molecule has 8 heteroatoms. The summed E-state index contributed by atoms with van der Waals surface area (Å²) in [7, 11) is -4.08. The van der Waals surface area contributed by atoms with Crippen LogP contribution >= 0.6 is 0 Å². The molecule has 1 aromatic carbocycles. The molecule has 0 aliphatic heterocycles. The largest absolute Gasteiger partial charge is 0.480 e. The van der Waals surface area contributed by atoms with Crippen LogP contribution in [0.15, 0.2) is 24.3 Å². The van der Waals surface area contributed by atoms with Gasteiger partial charge in [-0.25, -0.2) is 12.8 Å². The summed E-state index contributed by atoms with van der Waals surface area (Å²) in [6, 6.07) is 4.76. The van der Waals surface area contributed by atoms with Crippen LogP contribution in [0.3, 0.4) is 0 Å². The quantitative estimate of drug-likeness (QED) is 0.818. The molecule has 1 rings (SSSR count). The van der Waals surface area contributed by atoms with Crippen LogP contribution in [0.2, 0.25) is 0 Å². The van der Waals surface area contributed by atoms with Crippen molar-refractivity contribution < 1.29 is 27.5 Å². The van der Waals surface area contributed by atoms with Crippen molar-refractivity contribution in [1.82, 2.24) is 0 Å². The third-order valence-electron chi connectivity index (χ3n) is 2.54. The van der Waals surface area contributed by atoms with Crippen molar-refractivity contribution in [3.8, 4) is 0 Å².